The van der Waals surface area contributed by atoms with E-state index >= 15 is 0 Å². The Morgan fingerprint density at radius 1 is 1.44 bits per heavy atom. The van der Waals surface area contributed by atoms with Gasteiger partial charge in [0.2, 0.25) is 0 Å². The molecule has 0 saturated heterocycles. The summed E-state index contributed by atoms with van der Waals surface area (Å²) in [4.78, 5) is 11.9. The molecule has 0 aromatic heterocycles. The smallest absolute Gasteiger partial charge is 0.251 e. The number of hydrogen-bond donors (Lipinski definition) is 1. The Bertz CT molecular complexity index is 339. The molecule has 0 aliphatic carbocycles. The van der Waals surface area contributed by atoms with Crippen molar-refractivity contribution in [3.8, 4) is 0 Å². The second-order valence-electron chi connectivity index (χ2n) is 3.56. The summed E-state index contributed by atoms with van der Waals surface area (Å²) in [5.74, 6) is 0.0178. The van der Waals surface area contributed by atoms with E-state index in [-0.39, 0.29) is 11.9 Å². The van der Waals surface area contributed by atoms with Crippen molar-refractivity contribution < 1.29 is 4.79 Å². The van der Waals surface area contributed by atoms with Crippen LogP contribution in [0.5, 0.6) is 0 Å². The summed E-state index contributed by atoms with van der Waals surface area (Å²) in [5.41, 5.74) is 0.730. The standard InChI is InChI=1S/C12H15BrINO/c1-2-11(7-8-13)15-12(16)9-3-5-10(14)6-4-9/h3-6,11H,2,7-8H2,1H3,(H,15,16). The Kier molecular flexibility index (Phi) is 6.34. The van der Waals surface area contributed by atoms with Gasteiger partial charge in [-0.2, -0.15) is 0 Å². The number of hydrogen-bond acceptors (Lipinski definition) is 1. The monoisotopic (exact) mass is 395 g/mol. The molecule has 0 heterocycles. The topological polar surface area (TPSA) is 29.1 Å². The summed E-state index contributed by atoms with van der Waals surface area (Å²) < 4.78 is 1.14. The van der Waals surface area contributed by atoms with E-state index in [1.165, 1.54) is 0 Å². The fourth-order valence-electron chi connectivity index (χ4n) is 1.38. The van der Waals surface area contributed by atoms with Gasteiger partial charge in [0.25, 0.3) is 5.91 Å². The van der Waals surface area contributed by atoms with Crippen LogP contribution in [0.25, 0.3) is 0 Å². The van der Waals surface area contributed by atoms with Crippen LogP contribution in [0.15, 0.2) is 24.3 Å². The lowest BCUT2D eigenvalue weighted by Gasteiger charge is -2.15. The lowest BCUT2D eigenvalue weighted by Crippen LogP contribution is -2.34. The van der Waals surface area contributed by atoms with Gasteiger partial charge in [0, 0.05) is 20.5 Å². The highest BCUT2D eigenvalue weighted by atomic mass is 127. The SMILES string of the molecule is CCC(CCBr)NC(=O)c1ccc(I)cc1. The number of alkyl halides is 1. The minimum atomic E-state index is 0.0178. The first-order valence-electron chi connectivity index (χ1n) is 5.29. The fourth-order valence-corrected chi connectivity index (χ4v) is 2.29. The molecule has 1 N–H and O–H groups in total. The van der Waals surface area contributed by atoms with Crippen LogP contribution in [0.3, 0.4) is 0 Å². The largest absolute Gasteiger partial charge is 0.349 e. The van der Waals surface area contributed by atoms with Crippen LogP contribution >= 0.6 is 38.5 Å². The van der Waals surface area contributed by atoms with E-state index in [1.807, 2.05) is 24.3 Å². The van der Waals surface area contributed by atoms with Gasteiger partial charge in [-0.15, -0.1) is 0 Å². The van der Waals surface area contributed by atoms with Gasteiger partial charge in [-0.05, 0) is 59.7 Å². The summed E-state index contributed by atoms with van der Waals surface area (Å²) in [6.45, 7) is 2.08. The quantitative estimate of drug-likeness (QED) is 0.599. The maximum atomic E-state index is 11.9. The molecule has 1 amide bonds. The third-order valence-electron chi connectivity index (χ3n) is 2.39. The van der Waals surface area contributed by atoms with Gasteiger partial charge in [-0.1, -0.05) is 22.9 Å². The van der Waals surface area contributed by atoms with Crippen molar-refractivity contribution in [2.24, 2.45) is 0 Å². The van der Waals surface area contributed by atoms with E-state index in [1.54, 1.807) is 0 Å². The summed E-state index contributed by atoms with van der Waals surface area (Å²) >= 11 is 5.62. The Morgan fingerprint density at radius 2 is 2.06 bits per heavy atom. The van der Waals surface area contributed by atoms with Crippen LogP contribution in [-0.2, 0) is 0 Å². The highest BCUT2D eigenvalue weighted by Crippen LogP contribution is 2.08. The second-order valence-corrected chi connectivity index (χ2v) is 5.60. The lowest BCUT2D eigenvalue weighted by molar-refractivity contribution is 0.0935. The molecule has 1 rings (SSSR count). The number of benzene rings is 1. The molecule has 1 aromatic carbocycles. The molecule has 2 nitrogen and oxygen atoms in total. The van der Waals surface area contributed by atoms with E-state index in [0.717, 1.165) is 27.3 Å². The third kappa shape index (κ3) is 4.41. The average Bonchev–Trinajstić information content (AvgIpc) is 2.29. The predicted octanol–water partition coefficient (Wildman–Crippen LogP) is 3.58. The van der Waals surface area contributed by atoms with Gasteiger partial charge >= 0.3 is 0 Å². The highest BCUT2D eigenvalue weighted by molar-refractivity contribution is 14.1. The Morgan fingerprint density at radius 3 is 2.56 bits per heavy atom. The van der Waals surface area contributed by atoms with Crippen molar-refractivity contribution in [3.05, 3.63) is 33.4 Å². The average molecular weight is 396 g/mol. The number of carbonyl (C=O) groups is 1. The molecule has 0 fully saturated rings. The molecule has 0 saturated carbocycles. The molecule has 1 unspecified atom stereocenters. The van der Waals surface area contributed by atoms with Gasteiger partial charge in [0.05, 0.1) is 0 Å². The number of rotatable bonds is 5. The van der Waals surface area contributed by atoms with E-state index in [0.29, 0.717) is 0 Å². The van der Waals surface area contributed by atoms with E-state index in [2.05, 4.69) is 50.8 Å². The first-order chi connectivity index (χ1) is 7.67. The van der Waals surface area contributed by atoms with Crippen molar-refractivity contribution in [1.82, 2.24) is 5.32 Å². The molecule has 1 aromatic rings. The number of amides is 1. The molecule has 1 atom stereocenters. The predicted molar refractivity (Wildman–Crippen MR) is 79.1 cm³/mol. The highest BCUT2D eigenvalue weighted by Gasteiger charge is 2.11. The maximum absolute atomic E-state index is 11.9. The minimum Gasteiger partial charge on any atom is -0.349 e. The van der Waals surface area contributed by atoms with Crippen LogP contribution in [0, 0.1) is 3.57 Å². The molecule has 0 aliphatic rings. The molecular formula is C12H15BrINO. The van der Waals surface area contributed by atoms with Crippen molar-refractivity contribution in [3.63, 3.8) is 0 Å². The normalized spacial score (nSPS) is 12.2. The van der Waals surface area contributed by atoms with Crippen molar-refractivity contribution >= 4 is 44.4 Å². The van der Waals surface area contributed by atoms with Crippen LogP contribution in [0.1, 0.15) is 30.1 Å². The maximum Gasteiger partial charge on any atom is 0.251 e. The molecule has 88 valence electrons. The fraction of sp³-hybridized carbons (Fsp3) is 0.417. The summed E-state index contributed by atoms with van der Waals surface area (Å²) in [6, 6.07) is 7.86. The van der Waals surface area contributed by atoms with Gasteiger partial charge < -0.3 is 5.32 Å². The summed E-state index contributed by atoms with van der Waals surface area (Å²) in [7, 11) is 0. The van der Waals surface area contributed by atoms with Crippen molar-refractivity contribution in [1.29, 1.82) is 0 Å². The Hall–Kier alpha value is -0.100. The summed E-state index contributed by atoms with van der Waals surface area (Å²) in [5, 5.41) is 3.95. The minimum absolute atomic E-state index is 0.0178. The molecule has 0 radical (unpaired) electrons. The number of nitrogens with one attached hydrogen (secondary N) is 1. The van der Waals surface area contributed by atoms with Crippen LogP contribution < -0.4 is 5.32 Å². The van der Waals surface area contributed by atoms with Gasteiger partial charge in [0.1, 0.15) is 0 Å². The van der Waals surface area contributed by atoms with Crippen molar-refractivity contribution in [2.75, 3.05) is 5.33 Å². The first kappa shape index (κ1) is 14.0. The summed E-state index contributed by atoms with van der Waals surface area (Å²) in [6.07, 6.45) is 1.92. The molecule has 4 heteroatoms. The number of halogens is 2. The lowest BCUT2D eigenvalue weighted by atomic mass is 10.1. The molecule has 0 spiro atoms. The van der Waals surface area contributed by atoms with Gasteiger partial charge in [0.15, 0.2) is 0 Å². The van der Waals surface area contributed by atoms with E-state index in [9.17, 15) is 4.79 Å². The molecule has 0 bridgehead atoms. The zero-order valence-corrected chi connectivity index (χ0v) is 12.9. The zero-order chi connectivity index (χ0) is 12.0. The van der Waals surface area contributed by atoms with Crippen molar-refractivity contribution in [2.45, 2.75) is 25.8 Å². The van der Waals surface area contributed by atoms with Crippen LogP contribution in [0.4, 0.5) is 0 Å². The van der Waals surface area contributed by atoms with E-state index in [4.69, 9.17) is 0 Å². The first-order valence-corrected chi connectivity index (χ1v) is 7.49. The zero-order valence-electron chi connectivity index (χ0n) is 9.17. The Balaban J connectivity index is 2.60. The van der Waals surface area contributed by atoms with Gasteiger partial charge in [-0.3, -0.25) is 4.79 Å². The molecule has 0 aliphatic heterocycles. The Labute approximate surface area is 118 Å². The number of carbonyl (C=O) groups excluding carboxylic acids is 1. The second kappa shape index (κ2) is 7.27. The molecular weight excluding hydrogens is 381 g/mol. The third-order valence-corrected chi connectivity index (χ3v) is 3.57. The van der Waals surface area contributed by atoms with Crippen LogP contribution in [-0.4, -0.2) is 17.3 Å². The van der Waals surface area contributed by atoms with Gasteiger partial charge in [-0.25, -0.2) is 0 Å². The molecule has 16 heavy (non-hydrogen) atoms. The van der Waals surface area contributed by atoms with Crippen LogP contribution in [0.2, 0.25) is 0 Å². The van der Waals surface area contributed by atoms with E-state index < -0.39 is 0 Å².